The van der Waals surface area contributed by atoms with Crippen LogP contribution in [0.1, 0.15) is 34.6 Å². The summed E-state index contributed by atoms with van der Waals surface area (Å²) in [5.41, 5.74) is 0.812. The molecule has 4 aromatic rings. The number of amides is 1. The van der Waals surface area contributed by atoms with E-state index in [0.29, 0.717) is 72.5 Å². The van der Waals surface area contributed by atoms with Crippen LogP contribution in [-0.2, 0) is 17.1 Å². The molecule has 0 unspecified atom stereocenters. The molecule has 1 N–H and O–H groups in total. The minimum atomic E-state index is -4.12. The molecule has 0 spiro atoms. The van der Waals surface area contributed by atoms with Gasteiger partial charge in [-0.25, -0.2) is 23.8 Å². The van der Waals surface area contributed by atoms with E-state index in [0.717, 1.165) is 0 Å². The van der Waals surface area contributed by atoms with E-state index in [9.17, 15) is 22.0 Å². The lowest BCUT2D eigenvalue weighted by atomic mass is 10.1. The number of aromatic nitrogens is 4. The van der Waals surface area contributed by atoms with Crippen LogP contribution in [0, 0.1) is 6.57 Å². The lowest BCUT2D eigenvalue weighted by Crippen LogP contribution is -2.49. The van der Waals surface area contributed by atoms with E-state index in [1.54, 1.807) is 28.8 Å². The molecule has 6 rings (SSSR count). The van der Waals surface area contributed by atoms with Crippen LogP contribution in [-0.4, -0.2) is 71.0 Å². The van der Waals surface area contributed by atoms with Crippen molar-refractivity contribution in [2.45, 2.75) is 29.8 Å². The number of hydrogen-bond donors (Lipinski definition) is 1. The van der Waals surface area contributed by atoms with Crippen molar-refractivity contribution in [3.8, 4) is 10.7 Å². The van der Waals surface area contributed by atoms with Crippen LogP contribution < -0.4 is 9.62 Å². The molecule has 11 nitrogen and oxygen atoms in total. The summed E-state index contributed by atoms with van der Waals surface area (Å²) >= 11 is 0.691. The minimum Gasteiger partial charge on any atom is -0.366 e. The predicted octanol–water partition coefficient (Wildman–Crippen LogP) is 3.68. The zero-order chi connectivity index (χ0) is 28.9. The van der Waals surface area contributed by atoms with Crippen LogP contribution in [0.4, 0.5) is 14.5 Å². The number of fused-ring (bicyclic) bond motifs is 1. The number of hydrogen-bond acceptors (Lipinski definition) is 8. The zero-order valence-corrected chi connectivity index (χ0v) is 23.4. The Kier molecular flexibility index (Phi) is 6.71. The number of rotatable bonds is 7. The average Bonchev–Trinajstić information content (AvgIpc) is 3.40. The first-order valence-electron chi connectivity index (χ1n) is 12.8. The fourth-order valence-electron chi connectivity index (χ4n) is 4.92. The van der Waals surface area contributed by atoms with Crippen LogP contribution in [0.2, 0.25) is 0 Å². The number of carbonyl (C=O) groups is 1. The van der Waals surface area contributed by atoms with Crippen molar-refractivity contribution < 1.29 is 22.0 Å². The van der Waals surface area contributed by atoms with Gasteiger partial charge in [-0.05, 0) is 24.3 Å². The van der Waals surface area contributed by atoms with Crippen molar-refractivity contribution in [1.29, 1.82) is 0 Å². The monoisotopic (exact) mass is 598 g/mol. The second-order valence-corrected chi connectivity index (χ2v) is 12.6. The molecule has 0 bridgehead atoms. The molecule has 212 valence electrons. The van der Waals surface area contributed by atoms with Gasteiger partial charge in [-0.3, -0.25) is 14.3 Å². The molecule has 1 aliphatic heterocycles. The van der Waals surface area contributed by atoms with Gasteiger partial charge < -0.3 is 9.80 Å². The van der Waals surface area contributed by atoms with Gasteiger partial charge in [-0.15, -0.1) is 14.9 Å². The quantitative estimate of drug-likeness (QED) is 0.323. The Morgan fingerprint density at radius 3 is 2.44 bits per heavy atom. The molecule has 1 amide bonds. The second-order valence-electron chi connectivity index (χ2n) is 9.95. The average molecular weight is 599 g/mol. The third-order valence-electron chi connectivity index (χ3n) is 7.22. The second kappa shape index (κ2) is 10.1. The van der Waals surface area contributed by atoms with Gasteiger partial charge in [0.05, 0.1) is 28.9 Å². The first kappa shape index (κ1) is 27.2. The summed E-state index contributed by atoms with van der Waals surface area (Å²) in [6, 6.07) is 12.0. The highest BCUT2D eigenvalue weighted by atomic mass is 32.2. The number of carbonyl (C=O) groups excluding carboxylic acids is 1. The maximum atomic E-state index is 13.5. The van der Waals surface area contributed by atoms with Gasteiger partial charge in [-0.2, -0.15) is 5.10 Å². The highest BCUT2D eigenvalue weighted by Crippen LogP contribution is 2.41. The molecule has 3 heterocycles. The maximum Gasteiger partial charge on any atom is 0.299 e. The van der Waals surface area contributed by atoms with E-state index in [-0.39, 0.29) is 21.5 Å². The Hall–Kier alpha value is -4.00. The highest BCUT2D eigenvalue weighted by molar-refractivity contribution is 7.89. The number of alkyl halides is 2. The van der Waals surface area contributed by atoms with Gasteiger partial charge >= 0.3 is 0 Å². The van der Waals surface area contributed by atoms with Gasteiger partial charge in [0.25, 0.3) is 18.0 Å². The van der Waals surface area contributed by atoms with Crippen molar-refractivity contribution in [2.75, 3.05) is 31.1 Å². The molecule has 0 atom stereocenters. The fourth-order valence-corrected chi connectivity index (χ4v) is 7.02. The summed E-state index contributed by atoms with van der Waals surface area (Å²) in [7, 11) is -2.44. The van der Waals surface area contributed by atoms with Gasteiger partial charge in [-0.1, -0.05) is 29.5 Å². The first-order valence-corrected chi connectivity index (χ1v) is 15.1. The standard InChI is InChI=1S/C26H24F2N8O3S2/c1-29-26(8-9-26)33-41(38,39)17-14-18-20(23-30-31-24(40-23)22(27)28)32-34(2)21(18)19(15-17)35-10-12-36(13-11-35)25(37)16-6-4-3-5-7-16/h3-7,14-15,22,33H,8-13H2,2H3. The molecule has 2 aromatic carbocycles. The molecule has 41 heavy (non-hydrogen) atoms. The molecule has 2 aliphatic rings. The van der Waals surface area contributed by atoms with E-state index in [1.807, 2.05) is 23.1 Å². The summed E-state index contributed by atoms with van der Waals surface area (Å²) in [6.07, 6.45) is -1.96. The number of nitrogens with one attached hydrogen (secondary N) is 1. The van der Waals surface area contributed by atoms with Crippen molar-refractivity contribution in [3.63, 3.8) is 0 Å². The van der Waals surface area contributed by atoms with Crippen molar-refractivity contribution in [2.24, 2.45) is 7.05 Å². The third kappa shape index (κ3) is 5.03. The highest BCUT2D eigenvalue weighted by Gasteiger charge is 2.54. The van der Waals surface area contributed by atoms with Crippen LogP contribution in [0.3, 0.4) is 0 Å². The Labute approximate surface area is 238 Å². The van der Waals surface area contributed by atoms with Gasteiger partial charge in [0.1, 0.15) is 5.69 Å². The zero-order valence-electron chi connectivity index (χ0n) is 21.8. The number of piperazine rings is 1. The summed E-state index contributed by atoms with van der Waals surface area (Å²) in [6.45, 7) is 9.07. The molecule has 1 saturated carbocycles. The largest absolute Gasteiger partial charge is 0.366 e. The Bertz CT molecular complexity index is 1790. The minimum absolute atomic E-state index is 0.0782. The molecule has 1 aliphatic carbocycles. The normalized spacial score (nSPS) is 16.8. The summed E-state index contributed by atoms with van der Waals surface area (Å²) in [4.78, 5) is 20.1. The van der Waals surface area contributed by atoms with Crippen LogP contribution in [0.25, 0.3) is 26.4 Å². The Morgan fingerprint density at radius 2 is 1.83 bits per heavy atom. The number of nitrogens with zero attached hydrogens (tertiary/aromatic N) is 7. The lowest BCUT2D eigenvalue weighted by molar-refractivity contribution is 0.0747. The fraction of sp³-hybridized carbons (Fsp3) is 0.346. The smallest absolute Gasteiger partial charge is 0.299 e. The maximum absolute atomic E-state index is 13.5. The van der Waals surface area contributed by atoms with Gasteiger partial charge in [0, 0.05) is 44.2 Å². The topological polar surface area (TPSA) is 118 Å². The SMILES string of the molecule is [C-]#[N+]C1(NS(=O)(=O)c2cc(N3CCN(C(=O)c4ccccc4)CC3)c3c(c2)c(-c2nnc(C(F)F)s2)nn3C)CC1. The van der Waals surface area contributed by atoms with Crippen LogP contribution in [0.15, 0.2) is 47.4 Å². The molecule has 1 saturated heterocycles. The molecule has 0 radical (unpaired) electrons. The molecule has 15 heteroatoms. The van der Waals surface area contributed by atoms with E-state index >= 15 is 0 Å². The Balaban J connectivity index is 1.41. The third-order valence-corrected chi connectivity index (χ3v) is 9.66. The molecule has 2 aromatic heterocycles. The van der Waals surface area contributed by atoms with E-state index < -0.39 is 27.1 Å². The molecular weight excluding hydrogens is 574 g/mol. The van der Waals surface area contributed by atoms with Crippen LogP contribution in [0.5, 0.6) is 0 Å². The molecule has 2 fully saturated rings. The number of benzene rings is 2. The first-order chi connectivity index (χ1) is 19.6. The molecular formula is C26H24F2N8O3S2. The number of aryl methyl sites for hydroxylation is 1. The van der Waals surface area contributed by atoms with E-state index in [1.165, 1.54) is 12.1 Å². The number of sulfonamides is 1. The van der Waals surface area contributed by atoms with Crippen molar-refractivity contribution >= 4 is 43.9 Å². The summed E-state index contributed by atoms with van der Waals surface area (Å²) in [5.74, 6) is -0.0845. The lowest BCUT2D eigenvalue weighted by Gasteiger charge is -2.36. The van der Waals surface area contributed by atoms with Crippen molar-refractivity contribution in [1.82, 2.24) is 29.6 Å². The summed E-state index contributed by atoms with van der Waals surface area (Å²) in [5, 5.41) is 12.1. The van der Waals surface area contributed by atoms with E-state index in [4.69, 9.17) is 6.57 Å². The van der Waals surface area contributed by atoms with Gasteiger partial charge in [0.15, 0.2) is 10.0 Å². The number of halogens is 2. The summed E-state index contributed by atoms with van der Waals surface area (Å²) < 4.78 is 57.6. The van der Waals surface area contributed by atoms with Gasteiger partial charge in [0.2, 0.25) is 10.0 Å². The van der Waals surface area contributed by atoms with Crippen LogP contribution >= 0.6 is 11.3 Å². The Morgan fingerprint density at radius 1 is 1.12 bits per heavy atom. The van der Waals surface area contributed by atoms with Crippen molar-refractivity contribution in [3.05, 3.63) is 64.5 Å². The predicted molar refractivity (Wildman–Crippen MR) is 148 cm³/mol. The van der Waals surface area contributed by atoms with E-state index in [2.05, 4.69) is 24.9 Å². The number of anilines is 1.